The van der Waals surface area contributed by atoms with E-state index in [0.29, 0.717) is 23.4 Å². The molecule has 0 bridgehead atoms. The number of methoxy groups -OCH3 is 1. The van der Waals surface area contributed by atoms with Crippen molar-refractivity contribution in [3.63, 3.8) is 0 Å². The van der Waals surface area contributed by atoms with Gasteiger partial charge in [0.1, 0.15) is 18.5 Å². The second-order valence-electron chi connectivity index (χ2n) is 10.3. The molecule has 2 amide bonds. The van der Waals surface area contributed by atoms with Gasteiger partial charge in [0.25, 0.3) is 5.91 Å². The Hall–Kier alpha value is -3.68. The van der Waals surface area contributed by atoms with E-state index < -0.39 is 12.1 Å². The molecule has 0 radical (unpaired) electrons. The first-order valence-corrected chi connectivity index (χ1v) is 12.4. The summed E-state index contributed by atoms with van der Waals surface area (Å²) in [6, 6.07) is 21.6. The fourth-order valence-electron chi connectivity index (χ4n) is 4.33. The molecule has 7 heteroatoms. The third kappa shape index (κ3) is 6.37. The van der Waals surface area contributed by atoms with Gasteiger partial charge in [-0.15, -0.1) is 0 Å². The summed E-state index contributed by atoms with van der Waals surface area (Å²) in [6.07, 6.45) is -0.947. The van der Waals surface area contributed by atoms with Crippen LogP contribution in [-0.4, -0.2) is 48.2 Å². The highest BCUT2D eigenvalue weighted by Crippen LogP contribution is 2.27. The van der Waals surface area contributed by atoms with Crippen molar-refractivity contribution in [1.82, 2.24) is 4.90 Å². The van der Waals surface area contributed by atoms with Gasteiger partial charge in [0.2, 0.25) is 5.91 Å². The standard InChI is InChI=1S/C30H34N2O5/c1-30(2,3)23-11-7-22(8-12-23)29(35)31-24-13-9-21(10-14-24)28(34)26-18-37-19-27(33)32(26)17-20-5-15-25(36-4)16-6-20/h5-16,26,28,34H,17-19H2,1-4H3,(H,31,35). The number of benzene rings is 3. The van der Waals surface area contributed by atoms with Crippen LogP contribution in [0, 0.1) is 0 Å². The van der Waals surface area contributed by atoms with Gasteiger partial charge in [-0.2, -0.15) is 0 Å². The molecule has 1 aliphatic rings. The summed E-state index contributed by atoms with van der Waals surface area (Å²) in [6.45, 7) is 6.96. The molecule has 0 aliphatic carbocycles. The average molecular weight is 503 g/mol. The Morgan fingerprint density at radius 3 is 2.30 bits per heavy atom. The summed E-state index contributed by atoms with van der Waals surface area (Å²) < 4.78 is 10.7. The van der Waals surface area contributed by atoms with E-state index in [9.17, 15) is 14.7 Å². The second-order valence-corrected chi connectivity index (χ2v) is 10.3. The number of morpholine rings is 1. The molecule has 1 heterocycles. The average Bonchev–Trinajstić information content (AvgIpc) is 2.90. The fraction of sp³-hybridized carbons (Fsp3) is 0.333. The zero-order chi connectivity index (χ0) is 26.6. The zero-order valence-corrected chi connectivity index (χ0v) is 21.7. The van der Waals surface area contributed by atoms with Crippen molar-refractivity contribution >= 4 is 17.5 Å². The quantitative estimate of drug-likeness (QED) is 0.489. The molecule has 7 nitrogen and oxygen atoms in total. The lowest BCUT2D eigenvalue weighted by atomic mass is 9.87. The predicted molar refractivity (Wildman–Crippen MR) is 143 cm³/mol. The van der Waals surface area contributed by atoms with Crippen LogP contribution in [-0.2, 0) is 21.5 Å². The van der Waals surface area contributed by atoms with Crippen LogP contribution in [0.5, 0.6) is 5.75 Å². The molecule has 0 saturated carbocycles. The van der Waals surface area contributed by atoms with Crippen molar-refractivity contribution in [2.45, 2.75) is 44.9 Å². The van der Waals surface area contributed by atoms with Gasteiger partial charge in [-0.25, -0.2) is 0 Å². The lowest BCUT2D eigenvalue weighted by molar-refractivity contribution is -0.155. The zero-order valence-electron chi connectivity index (χ0n) is 21.7. The van der Waals surface area contributed by atoms with E-state index in [1.54, 1.807) is 36.3 Å². The van der Waals surface area contributed by atoms with Crippen LogP contribution in [0.4, 0.5) is 5.69 Å². The summed E-state index contributed by atoms with van der Waals surface area (Å²) in [5.74, 6) is 0.362. The van der Waals surface area contributed by atoms with Crippen molar-refractivity contribution in [2.75, 3.05) is 25.6 Å². The minimum Gasteiger partial charge on any atom is -0.497 e. The Kier molecular flexibility index (Phi) is 7.95. The van der Waals surface area contributed by atoms with Crippen LogP contribution < -0.4 is 10.1 Å². The Balaban J connectivity index is 1.43. The number of anilines is 1. The molecule has 3 aromatic rings. The van der Waals surface area contributed by atoms with Crippen molar-refractivity contribution in [1.29, 1.82) is 0 Å². The largest absolute Gasteiger partial charge is 0.497 e. The Labute approximate surface area is 218 Å². The van der Waals surface area contributed by atoms with E-state index in [1.807, 2.05) is 48.5 Å². The van der Waals surface area contributed by atoms with Crippen LogP contribution in [0.15, 0.2) is 72.8 Å². The molecule has 1 saturated heterocycles. The van der Waals surface area contributed by atoms with E-state index >= 15 is 0 Å². The normalized spacial score (nSPS) is 16.8. The van der Waals surface area contributed by atoms with Crippen molar-refractivity contribution in [3.05, 3.63) is 95.1 Å². The number of aliphatic hydroxyl groups excluding tert-OH is 1. The van der Waals surface area contributed by atoms with Gasteiger partial charge in [-0.05, 0) is 58.5 Å². The first kappa shape index (κ1) is 26.4. The monoisotopic (exact) mass is 502 g/mol. The van der Waals surface area contributed by atoms with E-state index in [4.69, 9.17) is 9.47 Å². The van der Waals surface area contributed by atoms with Gasteiger partial charge >= 0.3 is 0 Å². The van der Waals surface area contributed by atoms with E-state index in [-0.39, 0.29) is 30.4 Å². The number of nitrogens with zero attached hydrogens (tertiary/aromatic N) is 1. The molecule has 2 unspecified atom stereocenters. The molecule has 4 rings (SSSR count). The number of carbonyl (C=O) groups is 2. The number of hydrogen-bond donors (Lipinski definition) is 2. The van der Waals surface area contributed by atoms with Gasteiger partial charge in [0.15, 0.2) is 0 Å². The summed E-state index contributed by atoms with van der Waals surface area (Å²) in [7, 11) is 1.60. The molecule has 1 fully saturated rings. The first-order chi connectivity index (χ1) is 17.7. The third-order valence-electron chi connectivity index (χ3n) is 6.63. The van der Waals surface area contributed by atoms with Gasteiger partial charge in [0.05, 0.1) is 19.8 Å². The highest BCUT2D eigenvalue weighted by molar-refractivity contribution is 6.04. The molecule has 3 aromatic carbocycles. The summed E-state index contributed by atoms with van der Waals surface area (Å²) in [5, 5.41) is 14.1. The number of hydrogen-bond acceptors (Lipinski definition) is 5. The fourth-order valence-corrected chi connectivity index (χ4v) is 4.33. The smallest absolute Gasteiger partial charge is 0.255 e. The Bertz CT molecular complexity index is 1210. The summed E-state index contributed by atoms with van der Waals surface area (Å²) >= 11 is 0. The lowest BCUT2D eigenvalue weighted by Crippen LogP contribution is -2.51. The third-order valence-corrected chi connectivity index (χ3v) is 6.63. The summed E-state index contributed by atoms with van der Waals surface area (Å²) in [5.41, 5.74) is 3.94. The van der Waals surface area contributed by atoms with Crippen LogP contribution in [0.25, 0.3) is 0 Å². The number of rotatable bonds is 7. The van der Waals surface area contributed by atoms with Gasteiger partial charge in [0, 0.05) is 17.8 Å². The molecular formula is C30H34N2O5. The summed E-state index contributed by atoms with van der Waals surface area (Å²) in [4.78, 5) is 27.0. The molecular weight excluding hydrogens is 468 g/mol. The highest BCUT2D eigenvalue weighted by atomic mass is 16.5. The highest BCUT2D eigenvalue weighted by Gasteiger charge is 2.34. The SMILES string of the molecule is COc1ccc(CN2C(=O)COCC2C(O)c2ccc(NC(=O)c3ccc(C(C)(C)C)cc3)cc2)cc1. The van der Waals surface area contributed by atoms with Crippen molar-refractivity contribution < 1.29 is 24.2 Å². The molecule has 194 valence electrons. The van der Waals surface area contributed by atoms with E-state index in [0.717, 1.165) is 16.9 Å². The predicted octanol–water partition coefficient (Wildman–Crippen LogP) is 4.71. The van der Waals surface area contributed by atoms with Crippen LogP contribution in [0.2, 0.25) is 0 Å². The maximum atomic E-state index is 12.7. The minimum absolute atomic E-state index is 0.0128. The molecule has 1 aliphatic heterocycles. The number of amides is 2. The molecule has 2 N–H and O–H groups in total. The first-order valence-electron chi connectivity index (χ1n) is 12.4. The molecule has 37 heavy (non-hydrogen) atoms. The topological polar surface area (TPSA) is 88.1 Å². The van der Waals surface area contributed by atoms with Crippen LogP contribution in [0.1, 0.15) is 53.9 Å². The van der Waals surface area contributed by atoms with Crippen LogP contribution >= 0.6 is 0 Å². The lowest BCUT2D eigenvalue weighted by Gasteiger charge is -2.38. The Morgan fingerprint density at radius 2 is 1.70 bits per heavy atom. The van der Waals surface area contributed by atoms with Crippen LogP contribution in [0.3, 0.4) is 0 Å². The number of carbonyl (C=O) groups excluding carboxylic acids is 2. The van der Waals surface area contributed by atoms with Gasteiger partial charge < -0.3 is 24.8 Å². The number of aliphatic hydroxyl groups is 1. The number of nitrogens with one attached hydrogen (secondary N) is 1. The second kappa shape index (κ2) is 11.2. The van der Waals surface area contributed by atoms with Gasteiger partial charge in [-0.1, -0.05) is 57.2 Å². The van der Waals surface area contributed by atoms with E-state index in [2.05, 4.69) is 26.1 Å². The Morgan fingerprint density at radius 1 is 1.05 bits per heavy atom. The van der Waals surface area contributed by atoms with Crippen molar-refractivity contribution in [3.8, 4) is 5.75 Å². The maximum absolute atomic E-state index is 12.7. The molecule has 0 spiro atoms. The van der Waals surface area contributed by atoms with Crippen molar-refractivity contribution in [2.24, 2.45) is 0 Å². The van der Waals surface area contributed by atoms with E-state index in [1.165, 1.54) is 0 Å². The molecule has 2 atom stereocenters. The minimum atomic E-state index is -0.947. The molecule has 0 aromatic heterocycles. The number of ether oxygens (including phenoxy) is 2. The maximum Gasteiger partial charge on any atom is 0.255 e. The van der Waals surface area contributed by atoms with Gasteiger partial charge in [-0.3, -0.25) is 9.59 Å².